The van der Waals surface area contributed by atoms with Gasteiger partial charge in [-0.1, -0.05) is 42.5 Å². The first-order chi connectivity index (χ1) is 10.7. The number of nitriles is 1. The summed E-state index contributed by atoms with van der Waals surface area (Å²) < 4.78 is 4.73. The van der Waals surface area contributed by atoms with Crippen LogP contribution in [0.3, 0.4) is 0 Å². The molecule has 22 heavy (non-hydrogen) atoms. The van der Waals surface area contributed by atoms with E-state index in [-0.39, 0.29) is 5.69 Å². The van der Waals surface area contributed by atoms with Crippen LogP contribution in [0.2, 0.25) is 0 Å². The molecule has 0 saturated carbocycles. The number of hydrogen-bond acceptors (Lipinski definition) is 4. The van der Waals surface area contributed by atoms with Gasteiger partial charge in [0, 0.05) is 11.8 Å². The van der Waals surface area contributed by atoms with Gasteiger partial charge in [0.2, 0.25) is 0 Å². The minimum atomic E-state index is -0.474. The molecule has 0 radical (unpaired) electrons. The molecule has 0 aliphatic heterocycles. The monoisotopic (exact) mass is 288 g/mol. The number of esters is 1. The molecule has 4 nitrogen and oxygen atoms in total. The van der Waals surface area contributed by atoms with Crippen LogP contribution in [0.4, 0.5) is 0 Å². The van der Waals surface area contributed by atoms with Gasteiger partial charge in [0.1, 0.15) is 11.8 Å². The summed E-state index contributed by atoms with van der Waals surface area (Å²) in [5.41, 5.74) is 2.10. The highest BCUT2D eigenvalue weighted by atomic mass is 16.5. The van der Waals surface area contributed by atoms with Crippen molar-refractivity contribution in [3.63, 3.8) is 0 Å². The van der Waals surface area contributed by atoms with Crippen LogP contribution in [0, 0.1) is 11.3 Å². The Morgan fingerprint density at radius 2 is 1.91 bits per heavy atom. The number of carbonyl (C=O) groups is 1. The molecule has 0 spiro atoms. The Morgan fingerprint density at radius 3 is 2.68 bits per heavy atom. The second-order valence-corrected chi connectivity index (χ2v) is 4.75. The smallest absolute Gasteiger partial charge is 0.339 e. The van der Waals surface area contributed by atoms with E-state index in [1.165, 1.54) is 13.3 Å². The summed E-state index contributed by atoms with van der Waals surface area (Å²) in [4.78, 5) is 15.8. The molecule has 0 atom stereocenters. The lowest BCUT2D eigenvalue weighted by atomic mass is 9.96. The Balaban J connectivity index is 2.30. The average Bonchev–Trinajstić information content (AvgIpc) is 2.60. The van der Waals surface area contributed by atoms with E-state index in [0.717, 1.165) is 16.3 Å². The number of rotatable bonds is 2. The van der Waals surface area contributed by atoms with Gasteiger partial charge in [-0.05, 0) is 22.4 Å². The molecule has 4 heteroatoms. The van der Waals surface area contributed by atoms with Crippen LogP contribution in [0.1, 0.15) is 16.1 Å². The molecule has 0 fully saturated rings. The van der Waals surface area contributed by atoms with Crippen LogP contribution in [-0.4, -0.2) is 18.1 Å². The molecule has 0 N–H and O–H groups in total. The van der Waals surface area contributed by atoms with Gasteiger partial charge in [-0.15, -0.1) is 0 Å². The molecule has 106 valence electrons. The van der Waals surface area contributed by atoms with E-state index in [2.05, 4.69) is 11.1 Å². The SMILES string of the molecule is COC(=O)c1cnc(C#N)c(-c2cccc3ccccc23)c1. The standard InChI is InChI=1S/C18H12N2O2/c1-22-18(21)13-9-16(17(10-19)20-11-13)15-8-4-6-12-5-2-3-7-14(12)15/h2-9,11H,1H3. The lowest BCUT2D eigenvalue weighted by Gasteiger charge is -2.09. The summed E-state index contributed by atoms with van der Waals surface area (Å²) in [6.07, 6.45) is 1.36. The Bertz CT molecular complexity index is 905. The summed E-state index contributed by atoms with van der Waals surface area (Å²) in [6.45, 7) is 0. The van der Waals surface area contributed by atoms with Crippen molar-refractivity contribution in [3.05, 3.63) is 66.0 Å². The van der Waals surface area contributed by atoms with Crippen LogP contribution >= 0.6 is 0 Å². The number of carbonyl (C=O) groups excluding carboxylic acids is 1. The topological polar surface area (TPSA) is 63.0 Å². The van der Waals surface area contributed by atoms with Crippen LogP contribution in [0.5, 0.6) is 0 Å². The molecular formula is C18H12N2O2. The number of nitrogens with zero attached hydrogens (tertiary/aromatic N) is 2. The predicted octanol–water partition coefficient (Wildman–Crippen LogP) is 3.56. The van der Waals surface area contributed by atoms with Gasteiger partial charge in [-0.3, -0.25) is 0 Å². The van der Waals surface area contributed by atoms with Crippen LogP contribution in [0.25, 0.3) is 21.9 Å². The number of benzene rings is 2. The Labute approximate surface area is 127 Å². The first-order valence-electron chi connectivity index (χ1n) is 6.71. The maximum absolute atomic E-state index is 11.7. The molecule has 3 rings (SSSR count). The number of aromatic nitrogens is 1. The second-order valence-electron chi connectivity index (χ2n) is 4.75. The van der Waals surface area contributed by atoms with Gasteiger partial charge in [0.05, 0.1) is 12.7 Å². The van der Waals surface area contributed by atoms with E-state index in [1.807, 2.05) is 42.5 Å². The maximum Gasteiger partial charge on any atom is 0.339 e. The second kappa shape index (κ2) is 5.66. The first kappa shape index (κ1) is 13.8. The van der Waals surface area contributed by atoms with Gasteiger partial charge in [0.25, 0.3) is 0 Å². The molecule has 0 amide bonds. The molecule has 0 saturated heterocycles. The normalized spacial score (nSPS) is 10.2. The Hall–Kier alpha value is -3.19. The zero-order valence-electron chi connectivity index (χ0n) is 11.9. The predicted molar refractivity (Wildman–Crippen MR) is 83.2 cm³/mol. The van der Waals surface area contributed by atoms with Gasteiger partial charge < -0.3 is 4.74 Å². The molecular weight excluding hydrogens is 276 g/mol. The summed E-state index contributed by atoms with van der Waals surface area (Å²) in [5, 5.41) is 11.4. The van der Waals surface area contributed by atoms with Gasteiger partial charge in [0.15, 0.2) is 0 Å². The van der Waals surface area contributed by atoms with Crippen LogP contribution in [0.15, 0.2) is 54.7 Å². The van der Waals surface area contributed by atoms with Crippen molar-refractivity contribution in [1.29, 1.82) is 5.26 Å². The first-order valence-corrected chi connectivity index (χ1v) is 6.71. The van der Waals surface area contributed by atoms with E-state index < -0.39 is 5.97 Å². The minimum absolute atomic E-state index is 0.281. The van der Waals surface area contributed by atoms with Crippen molar-refractivity contribution >= 4 is 16.7 Å². The highest BCUT2D eigenvalue weighted by Crippen LogP contribution is 2.30. The summed E-state index contributed by atoms with van der Waals surface area (Å²) in [5.74, 6) is -0.474. The van der Waals surface area contributed by atoms with Gasteiger partial charge in [-0.2, -0.15) is 5.26 Å². The fourth-order valence-electron chi connectivity index (χ4n) is 2.45. The molecule has 0 aliphatic rings. The van der Waals surface area contributed by atoms with Crippen molar-refractivity contribution in [2.45, 2.75) is 0 Å². The summed E-state index contributed by atoms with van der Waals surface area (Å²) in [6, 6.07) is 17.5. The van der Waals surface area contributed by atoms with Crippen molar-refractivity contribution in [1.82, 2.24) is 4.98 Å². The maximum atomic E-state index is 11.7. The molecule has 0 unspecified atom stereocenters. The fourth-order valence-corrected chi connectivity index (χ4v) is 2.45. The highest BCUT2D eigenvalue weighted by Gasteiger charge is 2.14. The Morgan fingerprint density at radius 1 is 1.14 bits per heavy atom. The van der Waals surface area contributed by atoms with Crippen LogP contribution in [-0.2, 0) is 4.74 Å². The number of methoxy groups -OCH3 is 1. The molecule has 3 aromatic rings. The third-order valence-corrected chi connectivity index (χ3v) is 3.49. The number of ether oxygens (including phenoxy) is 1. The molecule has 1 heterocycles. The van der Waals surface area contributed by atoms with Gasteiger partial charge in [-0.25, -0.2) is 9.78 Å². The lowest BCUT2D eigenvalue weighted by Crippen LogP contribution is -2.03. The largest absolute Gasteiger partial charge is 0.465 e. The highest BCUT2D eigenvalue weighted by molar-refractivity contribution is 5.99. The molecule has 0 aliphatic carbocycles. The fraction of sp³-hybridized carbons (Fsp3) is 0.0556. The molecule has 2 aromatic carbocycles. The van der Waals surface area contributed by atoms with Crippen molar-refractivity contribution in [2.75, 3.05) is 7.11 Å². The van der Waals surface area contributed by atoms with E-state index in [0.29, 0.717) is 11.1 Å². The van der Waals surface area contributed by atoms with Gasteiger partial charge >= 0.3 is 5.97 Å². The van der Waals surface area contributed by atoms with E-state index in [9.17, 15) is 10.1 Å². The van der Waals surface area contributed by atoms with E-state index in [1.54, 1.807) is 6.07 Å². The van der Waals surface area contributed by atoms with E-state index in [4.69, 9.17) is 4.74 Å². The van der Waals surface area contributed by atoms with Crippen molar-refractivity contribution in [2.24, 2.45) is 0 Å². The zero-order chi connectivity index (χ0) is 15.5. The molecule has 0 bridgehead atoms. The third-order valence-electron chi connectivity index (χ3n) is 3.49. The summed E-state index contributed by atoms with van der Waals surface area (Å²) in [7, 11) is 1.32. The average molecular weight is 288 g/mol. The number of fused-ring (bicyclic) bond motifs is 1. The quantitative estimate of drug-likeness (QED) is 0.676. The van der Waals surface area contributed by atoms with Crippen molar-refractivity contribution < 1.29 is 9.53 Å². The van der Waals surface area contributed by atoms with Crippen LogP contribution < -0.4 is 0 Å². The Kier molecular flexibility index (Phi) is 3.55. The number of pyridine rings is 1. The third kappa shape index (κ3) is 2.29. The molecule has 1 aromatic heterocycles. The van der Waals surface area contributed by atoms with E-state index >= 15 is 0 Å². The number of hydrogen-bond donors (Lipinski definition) is 0. The summed E-state index contributed by atoms with van der Waals surface area (Å²) >= 11 is 0. The zero-order valence-corrected chi connectivity index (χ0v) is 11.9. The van der Waals surface area contributed by atoms with Crippen molar-refractivity contribution in [3.8, 4) is 17.2 Å². The lowest BCUT2D eigenvalue weighted by molar-refractivity contribution is 0.0600. The minimum Gasteiger partial charge on any atom is -0.465 e.